The summed E-state index contributed by atoms with van der Waals surface area (Å²) in [6, 6.07) is 10.1. The molecule has 2 fully saturated rings. The lowest BCUT2D eigenvalue weighted by molar-refractivity contribution is -0.126. The Labute approximate surface area is 227 Å². The molecule has 6 rings (SSSR count). The average Bonchev–Trinajstić information content (AvgIpc) is 3.64. The quantitative estimate of drug-likeness (QED) is 0.378. The molecule has 10 heteroatoms. The molecule has 1 unspecified atom stereocenters. The highest BCUT2D eigenvalue weighted by molar-refractivity contribution is 5.95. The van der Waals surface area contributed by atoms with Gasteiger partial charge in [0.05, 0.1) is 23.3 Å². The van der Waals surface area contributed by atoms with Gasteiger partial charge in [0, 0.05) is 38.1 Å². The number of piperazine rings is 1. The summed E-state index contributed by atoms with van der Waals surface area (Å²) in [5.41, 5.74) is 2.71. The number of aromatic amines is 1. The molecule has 2 aliphatic rings. The van der Waals surface area contributed by atoms with Gasteiger partial charge in [0.25, 0.3) is 0 Å². The fourth-order valence-corrected chi connectivity index (χ4v) is 5.68. The van der Waals surface area contributed by atoms with Crippen molar-refractivity contribution in [1.82, 2.24) is 30.0 Å². The van der Waals surface area contributed by atoms with Crippen molar-refractivity contribution >= 4 is 39.5 Å². The number of anilines is 2. The number of benzene rings is 2. The first-order valence-corrected chi connectivity index (χ1v) is 13.4. The highest BCUT2D eigenvalue weighted by Gasteiger charge is 2.31. The molecule has 1 N–H and O–H groups in total. The fraction of sp³-hybridized carbons (Fsp3) is 0.379. The van der Waals surface area contributed by atoms with Gasteiger partial charge in [-0.3, -0.25) is 14.8 Å². The predicted octanol–water partition coefficient (Wildman–Crippen LogP) is 3.93. The second-order valence-electron chi connectivity index (χ2n) is 10.4. The lowest BCUT2D eigenvalue weighted by Gasteiger charge is -2.36. The Hall–Kier alpha value is -4.18. The maximum Gasteiger partial charge on any atom is 0.246 e. The number of rotatable bonds is 6. The summed E-state index contributed by atoms with van der Waals surface area (Å²) in [5, 5.41) is 9.10. The normalized spacial score (nSPS) is 17.9. The smallest absolute Gasteiger partial charge is 0.246 e. The molecule has 39 heavy (non-hydrogen) atoms. The standard InChI is InChI=1S/C29H34N8O2/c1-5-25(38)35-14-16-36(17-15-35)28-20-8-6-9-23(39-27-19(2)11-12-22-21(27)18-30-33-22)26(20)31-29(32-28)37-13-7-10-24(37)34(3)4/h5-6,8-9,11-12,18,24H,1,7,10,13-17H2,2-4H3,(H,30,33). The molecule has 1 atom stereocenters. The minimum atomic E-state index is -0.0340. The molecule has 2 aliphatic heterocycles. The van der Waals surface area contributed by atoms with E-state index in [-0.39, 0.29) is 12.1 Å². The number of nitrogens with one attached hydrogen (secondary N) is 1. The van der Waals surface area contributed by atoms with Crippen molar-refractivity contribution < 1.29 is 9.53 Å². The van der Waals surface area contributed by atoms with Gasteiger partial charge in [0.1, 0.15) is 17.1 Å². The number of fused-ring (bicyclic) bond motifs is 2. The van der Waals surface area contributed by atoms with E-state index in [4.69, 9.17) is 14.7 Å². The molecule has 10 nitrogen and oxygen atoms in total. The first-order chi connectivity index (χ1) is 18.9. The van der Waals surface area contributed by atoms with Crippen molar-refractivity contribution in [3.8, 4) is 11.5 Å². The van der Waals surface area contributed by atoms with Crippen molar-refractivity contribution in [2.24, 2.45) is 0 Å². The van der Waals surface area contributed by atoms with Crippen LogP contribution in [0, 0.1) is 6.92 Å². The van der Waals surface area contributed by atoms with E-state index >= 15 is 0 Å². The SMILES string of the molecule is C=CC(=O)N1CCN(c2nc(N3CCCC3N(C)C)nc3c(Oc4c(C)ccc5[nH]ncc45)cccc23)CC1. The maximum atomic E-state index is 12.2. The van der Waals surface area contributed by atoms with Crippen LogP contribution in [0.25, 0.3) is 21.8 Å². The van der Waals surface area contributed by atoms with Gasteiger partial charge in [-0.25, -0.2) is 4.98 Å². The number of hydrogen-bond donors (Lipinski definition) is 1. The number of ether oxygens (including phenoxy) is 1. The molecule has 2 aromatic carbocycles. The first-order valence-electron chi connectivity index (χ1n) is 13.4. The van der Waals surface area contributed by atoms with Gasteiger partial charge in [-0.1, -0.05) is 18.7 Å². The van der Waals surface area contributed by atoms with Gasteiger partial charge in [0.2, 0.25) is 11.9 Å². The molecular formula is C29H34N8O2. The second-order valence-corrected chi connectivity index (χ2v) is 10.4. The summed E-state index contributed by atoms with van der Waals surface area (Å²) in [5.74, 6) is 2.98. The summed E-state index contributed by atoms with van der Waals surface area (Å²) in [6.45, 7) is 9.17. The summed E-state index contributed by atoms with van der Waals surface area (Å²) < 4.78 is 6.63. The first kappa shape index (κ1) is 25.1. The van der Waals surface area contributed by atoms with Crippen LogP contribution < -0.4 is 14.5 Å². The largest absolute Gasteiger partial charge is 0.454 e. The van der Waals surface area contributed by atoms with Crippen molar-refractivity contribution in [3.63, 3.8) is 0 Å². The third-order valence-electron chi connectivity index (χ3n) is 7.78. The minimum Gasteiger partial charge on any atom is -0.454 e. The van der Waals surface area contributed by atoms with Crippen LogP contribution in [-0.2, 0) is 4.79 Å². The van der Waals surface area contributed by atoms with Crippen molar-refractivity contribution in [3.05, 3.63) is 54.7 Å². The van der Waals surface area contributed by atoms with Crippen LogP contribution in [-0.4, -0.2) is 88.9 Å². The Bertz CT molecular complexity index is 1540. The Balaban J connectivity index is 1.46. The zero-order valence-corrected chi connectivity index (χ0v) is 22.7. The Morgan fingerprint density at radius 2 is 1.92 bits per heavy atom. The average molecular weight is 527 g/mol. The van der Waals surface area contributed by atoms with E-state index < -0.39 is 0 Å². The van der Waals surface area contributed by atoms with Crippen LogP contribution in [0.4, 0.5) is 11.8 Å². The number of hydrogen-bond acceptors (Lipinski definition) is 8. The van der Waals surface area contributed by atoms with E-state index in [0.717, 1.165) is 58.3 Å². The van der Waals surface area contributed by atoms with E-state index in [9.17, 15) is 4.79 Å². The van der Waals surface area contributed by atoms with Crippen LogP contribution in [0.2, 0.25) is 0 Å². The summed E-state index contributed by atoms with van der Waals surface area (Å²) >= 11 is 0. The number of aromatic nitrogens is 4. The van der Waals surface area contributed by atoms with Crippen molar-refractivity contribution in [2.45, 2.75) is 25.9 Å². The van der Waals surface area contributed by atoms with Crippen molar-refractivity contribution in [2.75, 3.05) is 56.6 Å². The van der Waals surface area contributed by atoms with E-state index in [0.29, 0.717) is 37.9 Å². The van der Waals surface area contributed by atoms with Gasteiger partial charge in [-0.05, 0) is 63.7 Å². The Kier molecular flexibility index (Phi) is 6.56. The van der Waals surface area contributed by atoms with Gasteiger partial charge in [-0.2, -0.15) is 10.1 Å². The number of para-hydroxylation sites is 1. The monoisotopic (exact) mass is 526 g/mol. The second kappa shape index (κ2) is 10.2. The molecule has 202 valence electrons. The van der Waals surface area contributed by atoms with E-state index in [1.807, 2.05) is 36.1 Å². The van der Waals surface area contributed by atoms with E-state index in [1.54, 1.807) is 6.20 Å². The predicted molar refractivity (Wildman–Crippen MR) is 153 cm³/mol. The van der Waals surface area contributed by atoms with E-state index in [1.165, 1.54) is 6.08 Å². The van der Waals surface area contributed by atoms with Gasteiger partial charge >= 0.3 is 0 Å². The number of aryl methyl sites for hydroxylation is 1. The molecule has 4 aromatic rings. The Morgan fingerprint density at radius 1 is 1.10 bits per heavy atom. The molecule has 1 amide bonds. The topological polar surface area (TPSA) is 93.7 Å². The maximum absolute atomic E-state index is 12.2. The van der Waals surface area contributed by atoms with Crippen LogP contribution >= 0.6 is 0 Å². The number of carbonyl (C=O) groups is 1. The van der Waals surface area contributed by atoms with Gasteiger partial charge in [-0.15, -0.1) is 0 Å². The molecule has 2 saturated heterocycles. The number of amides is 1. The molecule has 0 bridgehead atoms. The summed E-state index contributed by atoms with van der Waals surface area (Å²) in [6.07, 6.45) is 5.56. The highest BCUT2D eigenvalue weighted by Crippen LogP contribution is 2.39. The molecule has 0 aliphatic carbocycles. The molecule has 0 saturated carbocycles. The zero-order chi connectivity index (χ0) is 27.1. The lowest BCUT2D eigenvalue weighted by atomic mass is 10.1. The molecule has 2 aromatic heterocycles. The number of nitrogens with zero attached hydrogens (tertiary/aromatic N) is 7. The van der Waals surface area contributed by atoms with Gasteiger partial charge < -0.3 is 19.4 Å². The number of H-pyrrole nitrogens is 1. The zero-order valence-electron chi connectivity index (χ0n) is 22.7. The van der Waals surface area contributed by atoms with Crippen LogP contribution in [0.3, 0.4) is 0 Å². The third kappa shape index (κ3) is 4.54. The number of carbonyl (C=O) groups excluding carboxylic acids is 1. The van der Waals surface area contributed by atoms with Crippen molar-refractivity contribution in [1.29, 1.82) is 0 Å². The molecular weight excluding hydrogens is 492 g/mol. The van der Waals surface area contributed by atoms with Gasteiger partial charge in [0.15, 0.2) is 5.75 Å². The van der Waals surface area contributed by atoms with E-state index in [2.05, 4.69) is 51.6 Å². The molecule has 0 radical (unpaired) electrons. The van der Waals surface area contributed by atoms with Crippen LogP contribution in [0.1, 0.15) is 18.4 Å². The Morgan fingerprint density at radius 3 is 2.69 bits per heavy atom. The minimum absolute atomic E-state index is 0.0340. The van der Waals surface area contributed by atoms with Crippen LogP contribution in [0.15, 0.2) is 49.2 Å². The summed E-state index contributed by atoms with van der Waals surface area (Å²) in [7, 11) is 4.20. The molecule has 4 heterocycles. The lowest BCUT2D eigenvalue weighted by Crippen LogP contribution is -2.48. The highest BCUT2D eigenvalue weighted by atomic mass is 16.5. The van der Waals surface area contributed by atoms with Crippen LogP contribution in [0.5, 0.6) is 11.5 Å². The molecule has 0 spiro atoms. The summed E-state index contributed by atoms with van der Waals surface area (Å²) in [4.78, 5) is 31.1. The fourth-order valence-electron chi connectivity index (χ4n) is 5.68. The third-order valence-corrected chi connectivity index (χ3v) is 7.78.